The van der Waals surface area contributed by atoms with Gasteiger partial charge in [-0.2, -0.15) is 0 Å². The van der Waals surface area contributed by atoms with Crippen molar-refractivity contribution in [2.75, 3.05) is 6.54 Å². The van der Waals surface area contributed by atoms with Gasteiger partial charge in [0.15, 0.2) is 0 Å². The van der Waals surface area contributed by atoms with Crippen LogP contribution < -0.4 is 5.73 Å². The molecule has 0 aromatic carbocycles. The van der Waals surface area contributed by atoms with E-state index in [1.807, 2.05) is 0 Å². The van der Waals surface area contributed by atoms with Gasteiger partial charge in [-0.3, -0.25) is 0 Å². The topological polar surface area (TPSA) is 56.7 Å². The van der Waals surface area contributed by atoms with Gasteiger partial charge in [0.1, 0.15) is 11.6 Å². The van der Waals surface area contributed by atoms with Crippen LogP contribution in [0, 0.1) is 24.7 Å². The molecule has 1 aromatic heterocycles. The number of nitrogens with two attached hydrogens (primary N) is 1. The van der Waals surface area contributed by atoms with Crippen molar-refractivity contribution < 1.29 is 0 Å². The van der Waals surface area contributed by atoms with Gasteiger partial charge in [-0.15, -0.1) is 10.2 Å². The Morgan fingerprint density at radius 2 is 1.68 bits per heavy atom. The van der Waals surface area contributed by atoms with Crippen LogP contribution in [0.3, 0.4) is 0 Å². The molecule has 4 aliphatic carbocycles. The summed E-state index contributed by atoms with van der Waals surface area (Å²) >= 11 is 0. The third kappa shape index (κ3) is 1.69. The van der Waals surface area contributed by atoms with Crippen molar-refractivity contribution in [3.8, 4) is 0 Å². The molecule has 4 heteroatoms. The number of hydrogen-bond acceptors (Lipinski definition) is 3. The van der Waals surface area contributed by atoms with E-state index in [9.17, 15) is 0 Å². The van der Waals surface area contributed by atoms with Gasteiger partial charge in [0.2, 0.25) is 0 Å². The van der Waals surface area contributed by atoms with Gasteiger partial charge in [0, 0.05) is 12.0 Å². The number of nitrogens with zero attached hydrogens (tertiary/aromatic N) is 3. The third-order valence-corrected chi connectivity index (χ3v) is 5.74. The minimum Gasteiger partial charge on any atom is -0.330 e. The second kappa shape index (κ2) is 4.05. The fourth-order valence-electron chi connectivity index (χ4n) is 5.65. The molecule has 4 nitrogen and oxygen atoms in total. The zero-order valence-corrected chi connectivity index (χ0v) is 11.8. The zero-order valence-electron chi connectivity index (χ0n) is 11.8. The van der Waals surface area contributed by atoms with Crippen LogP contribution in [0.25, 0.3) is 0 Å². The molecule has 1 heterocycles. The highest BCUT2D eigenvalue weighted by Gasteiger charge is 2.52. The van der Waals surface area contributed by atoms with Gasteiger partial charge >= 0.3 is 0 Å². The summed E-state index contributed by atoms with van der Waals surface area (Å²) in [7, 11) is 0. The van der Waals surface area contributed by atoms with Gasteiger partial charge in [-0.1, -0.05) is 0 Å². The van der Waals surface area contributed by atoms with Crippen molar-refractivity contribution in [3.63, 3.8) is 0 Å². The standard InChI is InChI=1S/C15H24N4/c1-10-17-18-14(2-3-16)19(10)15-7-11-4-12(8-15)6-13(5-11)9-15/h11-13H,2-9,16H2,1H3. The highest BCUT2D eigenvalue weighted by atomic mass is 15.3. The molecular weight excluding hydrogens is 236 g/mol. The maximum Gasteiger partial charge on any atom is 0.134 e. The second-order valence-electron chi connectivity index (χ2n) is 7.18. The lowest BCUT2D eigenvalue weighted by atomic mass is 9.53. The summed E-state index contributed by atoms with van der Waals surface area (Å²) in [5.74, 6) is 5.10. The zero-order chi connectivity index (χ0) is 13.0. The monoisotopic (exact) mass is 260 g/mol. The number of rotatable bonds is 3. The van der Waals surface area contributed by atoms with Crippen molar-refractivity contribution in [1.82, 2.24) is 14.8 Å². The Morgan fingerprint density at radius 3 is 2.21 bits per heavy atom. The van der Waals surface area contributed by atoms with E-state index < -0.39 is 0 Å². The third-order valence-electron chi connectivity index (χ3n) is 5.74. The van der Waals surface area contributed by atoms with Crippen molar-refractivity contribution in [1.29, 1.82) is 0 Å². The quantitative estimate of drug-likeness (QED) is 0.904. The molecular formula is C15H24N4. The molecule has 4 aliphatic rings. The Hall–Kier alpha value is -0.900. The fraction of sp³-hybridized carbons (Fsp3) is 0.867. The first-order valence-corrected chi connectivity index (χ1v) is 7.81. The summed E-state index contributed by atoms with van der Waals surface area (Å²) in [4.78, 5) is 0. The van der Waals surface area contributed by atoms with Gasteiger partial charge in [-0.05, 0) is 69.7 Å². The Morgan fingerprint density at radius 1 is 1.11 bits per heavy atom. The average Bonchev–Trinajstić information content (AvgIpc) is 2.70. The normalized spacial score (nSPS) is 40.0. The fourth-order valence-corrected chi connectivity index (χ4v) is 5.65. The molecule has 0 atom stereocenters. The van der Waals surface area contributed by atoms with Crippen LogP contribution in [0.4, 0.5) is 0 Å². The number of aryl methyl sites for hydroxylation is 1. The lowest BCUT2D eigenvalue weighted by molar-refractivity contribution is -0.0454. The Balaban J connectivity index is 1.77. The summed E-state index contributed by atoms with van der Waals surface area (Å²) in [5, 5.41) is 8.75. The van der Waals surface area contributed by atoms with Crippen LogP contribution in [0.2, 0.25) is 0 Å². The Kier molecular flexibility index (Phi) is 2.53. The highest BCUT2D eigenvalue weighted by molar-refractivity contribution is 5.11. The van der Waals surface area contributed by atoms with Crippen molar-refractivity contribution >= 4 is 0 Å². The molecule has 0 amide bonds. The van der Waals surface area contributed by atoms with Crippen LogP contribution in [-0.2, 0) is 12.0 Å². The molecule has 104 valence electrons. The van der Waals surface area contributed by atoms with Crippen LogP contribution in [0.15, 0.2) is 0 Å². The largest absolute Gasteiger partial charge is 0.330 e. The maximum absolute atomic E-state index is 5.75. The van der Waals surface area contributed by atoms with E-state index in [-0.39, 0.29) is 0 Å². The maximum atomic E-state index is 5.75. The van der Waals surface area contributed by atoms with Crippen molar-refractivity contribution in [3.05, 3.63) is 11.6 Å². The van der Waals surface area contributed by atoms with Crippen molar-refractivity contribution in [2.24, 2.45) is 23.5 Å². The SMILES string of the molecule is Cc1nnc(CCN)n1C12CC3CC(CC(C3)C1)C2. The van der Waals surface area contributed by atoms with Crippen LogP contribution in [-0.4, -0.2) is 21.3 Å². The van der Waals surface area contributed by atoms with Crippen molar-refractivity contribution in [2.45, 2.75) is 57.4 Å². The molecule has 1 aromatic rings. The summed E-state index contributed by atoms with van der Waals surface area (Å²) in [5.41, 5.74) is 6.09. The van der Waals surface area contributed by atoms with Crippen LogP contribution >= 0.6 is 0 Å². The minimum atomic E-state index is 0.340. The van der Waals surface area contributed by atoms with Crippen LogP contribution in [0.1, 0.15) is 50.2 Å². The molecule has 4 bridgehead atoms. The molecule has 0 radical (unpaired) electrons. The van der Waals surface area contributed by atoms with E-state index >= 15 is 0 Å². The molecule has 4 fully saturated rings. The molecule has 0 spiro atoms. The Bertz CT molecular complexity index is 455. The molecule has 19 heavy (non-hydrogen) atoms. The van der Waals surface area contributed by atoms with E-state index in [0.717, 1.165) is 35.8 Å². The first-order valence-electron chi connectivity index (χ1n) is 7.81. The molecule has 2 N–H and O–H groups in total. The molecule has 5 rings (SSSR count). The second-order valence-corrected chi connectivity index (χ2v) is 7.18. The lowest BCUT2D eigenvalue weighted by Crippen LogP contribution is -2.52. The average molecular weight is 260 g/mol. The van der Waals surface area contributed by atoms with Crippen LogP contribution in [0.5, 0.6) is 0 Å². The van der Waals surface area contributed by atoms with E-state index in [4.69, 9.17) is 5.73 Å². The van der Waals surface area contributed by atoms with E-state index in [1.54, 1.807) is 0 Å². The first-order chi connectivity index (χ1) is 9.20. The Labute approximate surface area is 114 Å². The van der Waals surface area contributed by atoms with Gasteiger partial charge in [-0.25, -0.2) is 0 Å². The van der Waals surface area contributed by atoms with Gasteiger partial charge in [0.25, 0.3) is 0 Å². The van der Waals surface area contributed by atoms with Gasteiger partial charge in [0.05, 0.1) is 0 Å². The van der Waals surface area contributed by atoms with E-state index in [1.165, 1.54) is 38.5 Å². The van der Waals surface area contributed by atoms with E-state index in [2.05, 4.69) is 21.7 Å². The minimum absolute atomic E-state index is 0.340. The molecule has 0 unspecified atom stereocenters. The molecule has 0 saturated heterocycles. The summed E-state index contributed by atoms with van der Waals surface area (Å²) in [6, 6.07) is 0. The summed E-state index contributed by atoms with van der Waals surface area (Å²) in [6.07, 6.45) is 9.37. The summed E-state index contributed by atoms with van der Waals surface area (Å²) < 4.78 is 2.49. The number of aromatic nitrogens is 3. The molecule has 0 aliphatic heterocycles. The number of hydrogen-bond donors (Lipinski definition) is 1. The molecule has 4 saturated carbocycles. The summed E-state index contributed by atoms with van der Waals surface area (Å²) in [6.45, 7) is 2.79. The smallest absolute Gasteiger partial charge is 0.134 e. The first kappa shape index (κ1) is 11.9. The highest BCUT2D eigenvalue weighted by Crippen LogP contribution is 2.59. The lowest BCUT2D eigenvalue weighted by Gasteiger charge is -2.57. The predicted octanol–water partition coefficient (Wildman–Crippen LogP) is 2.01. The van der Waals surface area contributed by atoms with Gasteiger partial charge < -0.3 is 10.3 Å². The van der Waals surface area contributed by atoms with E-state index in [0.29, 0.717) is 12.1 Å². The predicted molar refractivity (Wildman–Crippen MR) is 73.7 cm³/mol.